The molecule has 2 heterocycles. The molecule has 1 aliphatic rings. The number of aliphatic carboxylic acids is 1. The Labute approximate surface area is 221 Å². The molecule has 3 aromatic rings. The summed E-state index contributed by atoms with van der Waals surface area (Å²) in [5, 5.41) is 10.5. The number of carboxylic acids is 1. The third-order valence-corrected chi connectivity index (χ3v) is 7.88. The van der Waals surface area contributed by atoms with Crippen LogP contribution in [0.1, 0.15) is 55.8 Å². The van der Waals surface area contributed by atoms with Crippen molar-refractivity contribution < 1.29 is 23.4 Å². The van der Waals surface area contributed by atoms with Gasteiger partial charge in [0.15, 0.2) is 0 Å². The Morgan fingerprint density at radius 1 is 1.24 bits per heavy atom. The number of hydrogen-bond donors (Lipinski definition) is 1. The van der Waals surface area contributed by atoms with E-state index < -0.39 is 17.6 Å². The molecule has 1 atom stereocenters. The van der Waals surface area contributed by atoms with Gasteiger partial charge in [-0.15, -0.1) is 0 Å². The number of rotatable bonds is 11. The molecule has 4 rings (SSSR count). The van der Waals surface area contributed by atoms with Crippen molar-refractivity contribution in [2.75, 3.05) is 26.7 Å². The minimum Gasteiger partial charge on any atom is -0.497 e. The Balaban J connectivity index is 1.38. The van der Waals surface area contributed by atoms with Gasteiger partial charge in [-0.2, -0.15) is 0 Å². The van der Waals surface area contributed by atoms with E-state index in [9.17, 15) is 14.3 Å². The fourth-order valence-electron chi connectivity index (χ4n) is 5.48. The van der Waals surface area contributed by atoms with Gasteiger partial charge in [0.05, 0.1) is 24.1 Å². The number of carbonyl (C=O) groups is 1. The van der Waals surface area contributed by atoms with Crippen LogP contribution in [0.3, 0.4) is 0 Å². The summed E-state index contributed by atoms with van der Waals surface area (Å²) in [6.07, 6.45) is 3.88. The van der Waals surface area contributed by atoms with Gasteiger partial charge in [0.1, 0.15) is 17.7 Å². The van der Waals surface area contributed by atoms with Gasteiger partial charge in [-0.3, -0.25) is 9.78 Å². The Morgan fingerprint density at radius 3 is 2.73 bits per heavy atom. The van der Waals surface area contributed by atoms with E-state index in [1.807, 2.05) is 6.07 Å². The molecule has 5 nitrogen and oxygen atoms in total. The summed E-state index contributed by atoms with van der Waals surface area (Å²) < 4.78 is 34.4. The van der Waals surface area contributed by atoms with Gasteiger partial charge in [-0.1, -0.05) is 23.7 Å². The average molecular weight is 531 g/mol. The normalized spacial score (nSPS) is 16.5. The van der Waals surface area contributed by atoms with Crippen LogP contribution in [0.4, 0.5) is 8.78 Å². The van der Waals surface area contributed by atoms with E-state index in [0.717, 1.165) is 38.0 Å². The molecule has 0 radical (unpaired) electrons. The minimum absolute atomic E-state index is 0.0233. The summed E-state index contributed by atoms with van der Waals surface area (Å²) in [4.78, 5) is 18.4. The second kappa shape index (κ2) is 12.2. The van der Waals surface area contributed by atoms with E-state index in [4.69, 9.17) is 16.3 Å². The number of nitrogens with zero attached hydrogens (tertiary/aromatic N) is 2. The fraction of sp³-hybridized carbons (Fsp3) is 0.448. The fourth-order valence-corrected chi connectivity index (χ4v) is 5.75. The first kappa shape index (κ1) is 27.3. The van der Waals surface area contributed by atoms with E-state index in [-0.39, 0.29) is 23.7 Å². The van der Waals surface area contributed by atoms with E-state index in [1.165, 1.54) is 12.3 Å². The number of pyridine rings is 1. The predicted molar refractivity (Wildman–Crippen MR) is 141 cm³/mol. The zero-order valence-electron chi connectivity index (χ0n) is 21.1. The number of hydrogen-bond acceptors (Lipinski definition) is 4. The maximum atomic E-state index is 15.7. The first-order valence-electron chi connectivity index (χ1n) is 12.7. The Kier molecular flexibility index (Phi) is 8.98. The highest BCUT2D eigenvalue weighted by Gasteiger charge is 2.37. The number of methoxy groups -OCH3 is 1. The second-order valence-corrected chi connectivity index (χ2v) is 10.5. The van der Waals surface area contributed by atoms with Crippen molar-refractivity contribution in [1.82, 2.24) is 9.88 Å². The minimum atomic E-state index is -1.35. The summed E-state index contributed by atoms with van der Waals surface area (Å²) in [6.45, 7) is 2.40. The number of fused-ring (bicyclic) bond motifs is 1. The molecule has 0 amide bonds. The first-order chi connectivity index (χ1) is 17.8. The van der Waals surface area contributed by atoms with Crippen molar-refractivity contribution in [3.8, 4) is 5.75 Å². The van der Waals surface area contributed by atoms with Gasteiger partial charge in [-0.25, -0.2) is 8.78 Å². The molecule has 1 aromatic heterocycles. The maximum absolute atomic E-state index is 15.7. The number of carboxylic acid groups (broad SMARTS) is 1. The van der Waals surface area contributed by atoms with Gasteiger partial charge < -0.3 is 14.7 Å². The molecule has 0 unspecified atom stereocenters. The van der Waals surface area contributed by atoms with Gasteiger partial charge in [0.2, 0.25) is 0 Å². The molecule has 1 saturated heterocycles. The average Bonchev–Trinajstić information content (AvgIpc) is 2.88. The lowest BCUT2D eigenvalue weighted by atomic mass is 9.71. The van der Waals surface area contributed by atoms with Crippen LogP contribution >= 0.6 is 11.6 Å². The van der Waals surface area contributed by atoms with Crippen molar-refractivity contribution in [1.29, 1.82) is 0 Å². The SMILES string of the molecule is COc1ccc2ncc(Cl)c([C@@H](F)CCC3(CC(=O)O)CCN(CCCc4cccc(F)c4)CC3)c2c1. The van der Waals surface area contributed by atoms with Gasteiger partial charge >= 0.3 is 5.97 Å². The van der Waals surface area contributed by atoms with Gasteiger partial charge in [0, 0.05) is 17.1 Å². The summed E-state index contributed by atoms with van der Waals surface area (Å²) >= 11 is 6.39. The van der Waals surface area contributed by atoms with Crippen LogP contribution < -0.4 is 4.74 Å². The topological polar surface area (TPSA) is 62.7 Å². The van der Waals surface area contributed by atoms with Crippen LogP contribution in [0.2, 0.25) is 5.02 Å². The molecule has 2 aromatic carbocycles. The van der Waals surface area contributed by atoms with E-state index >= 15 is 4.39 Å². The number of halogens is 3. The third-order valence-electron chi connectivity index (χ3n) is 7.58. The molecule has 198 valence electrons. The number of alkyl halides is 1. The van der Waals surface area contributed by atoms with Crippen LogP contribution in [0, 0.1) is 11.2 Å². The number of piperidine rings is 1. The highest BCUT2D eigenvalue weighted by atomic mass is 35.5. The number of benzene rings is 2. The monoisotopic (exact) mass is 530 g/mol. The lowest BCUT2D eigenvalue weighted by molar-refractivity contribution is -0.141. The van der Waals surface area contributed by atoms with Gasteiger partial charge in [0.25, 0.3) is 0 Å². The van der Waals surface area contributed by atoms with E-state index in [2.05, 4.69) is 9.88 Å². The van der Waals surface area contributed by atoms with Crippen LogP contribution in [0.15, 0.2) is 48.7 Å². The molecule has 0 aliphatic carbocycles. The summed E-state index contributed by atoms with van der Waals surface area (Å²) in [5.41, 5.74) is 1.54. The van der Waals surface area contributed by atoms with Crippen LogP contribution in [-0.2, 0) is 11.2 Å². The molecule has 1 aliphatic heterocycles. The van der Waals surface area contributed by atoms with Crippen molar-refractivity contribution in [2.24, 2.45) is 5.41 Å². The molecule has 8 heteroatoms. The van der Waals surface area contributed by atoms with E-state index in [1.54, 1.807) is 37.4 Å². The number of aromatic nitrogens is 1. The molecule has 1 fully saturated rings. The lowest BCUT2D eigenvalue weighted by Crippen LogP contribution is -2.41. The predicted octanol–water partition coefficient (Wildman–Crippen LogP) is 7.02. The summed E-state index contributed by atoms with van der Waals surface area (Å²) in [7, 11) is 1.55. The molecule has 37 heavy (non-hydrogen) atoms. The van der Waals surface area contributed by atoms with Crippen molar-refractivity contribution in [2.45, 2.75) is 51.1 Å². The largest absolute Gasteiger partial charge is 0.497 e. The quantitative estimate of drug-likeness (QED) is 0.289. The highest BCUT2D eigenvalue weighted by molar-refractivity contribution is 6.32. The number of aryl methyl sites for hydroxylation is 1. The Morgan fingerprint density at radius 2 is 2.03 bits per heavy atom. The van der Waals surface area contributed by atoms with Gasteiger partial charge in [-0.05, 0) is 99.5 Å². The first-order valence-corrected chi connectivity index (χ1v) is 13.1. The maximum Gasteiger partial charge on any atom is 0.303 e. The third kappa shape index (κ3) is 6.96. The summed E-state index contributed by atoms with van der Waals surface area (Å²) in [6, 6.07) is 12.0. The number of ether oxygens (including phenoxy) is 1. The smallest absolute Gasteiger partial charge is 0.303 e. The zero-order chi connectivity index (χ0) is 26.4. The Hall–Kier alpha value is -2.77. The Bertz CT molecular complexity index is 1230. The van der Waals surface area contributed by atoms with Crippen LogP contribution in [0.25, 0.3) is 10.9 Å². The van der Waals surface area contributed by atoms with Crippen LogP contribution in [0.5, 0.6) is 5.75 Å². The zero-order valence-corrected chi connectivity index (χ0v) is 21.8. The molecular formula is C29H33ClF2N2O3. The molecule has 1 N–H and O–H groups in total. The second-order valence-electron chi connectivity index (χ2n) is 10.1. The molecule has 0 bridgehead atoms. The van der Waals surface area contributed by atoms with Crippen LogP contribution in [-0.4, -0.2) is 47.7 Å². The summed E-state index contributed by atoms with van der Waals surface area (Å²) in [5.74, 6) is -0.482. The van der Waals surface area contributed by atoms with E-state index in [0.29, 0.717) is 41.5 Å². The highest BCUT2D eigenvalue weighted by Crippen LogP contribution is 2.44. The van der Waals surface area contributed by atoms with Crippen molar-refractivity contribution in [3.05, 3.63) is 70.6 Å². The molecular weight excluding hydrogens is 498 g/mol. The standard InChI is InChI=1S/C29H33ClF2N2O3/c1-37-22-7-8-26-23(17-22)28(24(30)19-33-26)25(32)9-10-29(18-27(35)36)11-14-34(15-12-29)13-3-5-20-4-2-6-21(31)16-20/h2,4,6-8,16-17,19,25H,3,5,9-15,18H2,1H3,(H,35,36)/t25-/m0/s1. The van der Waals surface area contributed by atoms with Crippen molar-refractivity contribution >= 4 is 28.5 Å². The molecule has 0 saturated carbocycles. The number of likely N-dealkylation sites (tertiary alicyclic amines) is 1. The van der Waals surface area contributed by atoms with Crippen molar-refractivity contribution in [3.63, 3.8) is 0 Å². The molecule has 0 spiro atoms. The lowest BCUT2D eigenvalue weighted by Gasteiger charge is -2.41.